The number of rotatable bonds is 4. The summed E-state index contributed by atoms with van der Waals surface area (Å²) < 4.78 is 0. The molecule has 0 spiro atoms. The number of aromatic nitrogens is 1. The SMILES string of the molecule is CCC(N)c1ccc(N(C)c2ccccc2C#N)cn1. The van der Waals surface area contributed by atoms with Crippen LogP contribution < -0.4 is 10.6 Å². The van der Waals surface area contributed by atoms with Crippen LogP contribution in [-0.2, 0) is 0 Å². The lowest BCUT2D eigenvalue weighted by molar-refractivity contribution is 0.675. The predicted molar refractivity (Wildman–Crippen MR) is 80.7 cm³/mol. The number of nitrogens with zero attached hydrogens (tertiary/aromatic N) is 3. The van der Waals surface area contributed by atoms with Crippen LogP contribution in [0.3, 0.4) is 0 Å². The first-order valence-corrected chi connectivity index (χ1v) is 6.61. The maximum Gasteiger partial charge on any atom is 0.101 e. The van der Waals surface area contributed by atoms with Crippen molar-refractivity contribution in [2.75, 3.05) is 11.9 Å². The van der Waals surface area contributed by atoms with Crippen molar-refractivity contribution in [1.29, 1.82) is 5.26 Å². The fraction of sp³-hybridized carbons (Fsp3) is 0.250. The summed E-state index contributed by atoms with van der Waals surface area (Å²) in [5, 5.41) is 9.15. The molecule has 4 heteroatoms. The molecule has 1 aromatic heterocycles. The van der Waals surface area contributed by atoms with Gasteiger partial charge in [0.25, 0.3) is 0 Å². The van der Waals surface area contributed by atoms with Crippen molar-refractivity contribution < 1.29 is 0 Å². The number of hydrogen-bond acceptors (Lipinski definition) is 4. The largest absolute Gasteiger partial charge is 0.342 e. The minimum absolute atomic E-state index is 0.0271. The van der Waals surface area contributed by atoms with Crippen LogP contribution in [0.25, 0.3) is 0 Å². The van der Waals surface area contributed by atoms with Gasteiger partial charge in [-0.05, 0) is 30.7 Å². The summed E-state index contributed by atoms with van der Waals surface area (Å²) in [6.45, 7) is 2.04. The zero-order valence-electron chi connectivity index (χ0n) is 11.7. The Morgan fingerprint density at radius 2 is 2.05 bits per heavy atom. The van der Waals surface area contributed by atoms with Crippen molar-refractivity contribution in [2.24, 2.45) is 5.73 Å². The fourth-order valence-corrected chi connectivity index (χ4v) is 2.02. The molecule has 2 rings (SSSR count). The lowest BCUT2D eigenvalue weighted by atomic mass is 10.1. The van der Waals surface area contributed by atoms with Crippen LogP contribution in [0.4, 0.5) is 11.4 Å². The summed E-state index contributed by atoms with van der Waals surface area (Å²) in [6.07, 6.45) is 2.65. The predicted octanol–water partition coefficient (Wildman–Crippen LogP) is 3.13. The van der Waals surface area contributed by atoms with E-state index in [1.54, 1.807) is 12.3 Å². The van der Waals surface area contributed by atoms with Crippen LogP contribution in [0.5, 0.6) is 0 Å². The molecular weight excluding hydrogens is 248 g/mol. The van der Waals surface area contributed by atoms with Gasteiger partial charge in [-0.25, -0.2) is 0 Å². The first-order valence-electron chi connectivity index (χ1n) is 6.61. The molecule has 1 heterocycles. The van der Waals surface area contributed by atoms with Gasteiger partial charge in [0.15, 0.2) is 0 Å². The summed E-state index contributed by atoms with van der Waals surface area (Å²) in [7, 11) is 1.92. The number of nitrogens with two attached hydrogens (primary N) is 1. The third-order valence-electron chi connectivity index (χ3n) is 3.36. The minimum Gasteiger partial charge on any atom is -0.342 e. The Kier molecular flexibility index (Phi) is 4.34. The van der Waals surface area contributed by atoms with Gasteiger partial charge in [-0.1, -0.05) is 19.1 Å². The highest BCUT2D eigenvalue weighted by Gasteiger charge is 2.10. The van der Waals surface area contributed by atoms with E-state index in [1.165, 1.54) is 0 Å². The Morgan fingerprint density at radius 1 is 1.30 bits per heavy atom. The zero-order chi connectivity index (χ0) is 14.5. The lowest BCUT2D eigenvalue weighted by Gasteiger charge is -2.20. The average molecular weight is 266 g/mol. The number of benzene rings is 1. The first kappa shape index (κ1) is 14.0. The summed E-state index contributed by atoms with van der Waals surface area (Å²) in [4.78, 5) is 6.35. The van der Waals surface area contributed by atoms with Crippen LogP contribution in [0.2, 0.25) is 0 Å². The molecule has 1 atom stereocenters. The average Bonchev–Trinajstić information content (AvgIpc) is 2.53. The van der Waals surface area contributed by atoms with Crippen LogP contribution >= 0.6 is 0 Å². The normalized spacial score (nSPS) is 11.7. The highest BCUT2D eigenvalue weighted by molar-refractivity contribution is 5.68. The first-order chi connectivity index (χ1) is 9.67. The summed E-state index contributed by atoms with van der Waals surface area (Å²) in [5.74, 6) is 0. The monoisotopic (exact) mass is 266 g/mol. The number of anilines is 2. The van der Waals surface area contributed by atoms with Gasteiger partial charge in [0.2, 0.25) is 0 Å². The van der Waals surface area contributed by atoms with Crippen molar-refractivity contribution in [2.45, 2.75) is 19.4 Å². The molecule has 0 amide bonds. The maximum absolute atomic E-state index is 9.15. The van der Waals surface area contributed by atoms with Gasteiger partial charge >= 0.3 is 0 Å². The molecule has 0 bridgehead atoms. The second kappa shape index (κ2) is 6.18. The molecule has 0 radical (unpaired) electrons. The molecule has 0 aliphatic rings. The number of pyridine rings is 1. The molecule has 0 saturated heterocycles. The molecule has 2 aromatic rings. The Labute approximate surface area is 119 Å². The molecule has 0 saturated carbocycles. The van der Waals surface area contributed by atoms with Gasteiger partial charge < -0.3 is 10.6 Å². The molecule has 0 aliphatic heterocycles. The zero-order valence-corrected chi connectivity index (χ0v) is 11.7. The van der Waals surface area contributed by atoms with E-state index in [9.17, 15) is 0 Å². The highest BCUT2D eigenvalue weighted by Crippen LogP contribution is 2.26. The van der Waals surface area contributed by atoms with Crippen molar-refractivity contribution in [1.82, 2.24) is 4.98 Å². The molecular formula is C16H18N4. The third kappa shape index (κ3) is 2.79. The van der Waals surface area contributed by atoms with E-state index in [2.05, 4.69) is 11.1 Å². The van der Waals surface area contributed by atoms with Crippen LogP contribution in [0, 0.1) is 11.3 Å². The van der Waals surface area contributed by atoms with E-state index < -0.39 is 0 Å². The van der Waals surface area contributed by atoms with Gasteiger partial charge in [0.1, 0.15) is 6.07 Å². The Balaban J connectivity index is 2.30. The van der Waals surface area contributed by atoms with E-state index in [-0.39, 0.29) is 6.04 Å². The van der Waals surface area contributed by atoms with Gasteiger partial charge in [0.05, 0.1) is 28.8 Å². The molecule has 20 heavy (non-hydrogen) atoms. The molecule has 0 aliphatic carbocycles. The summed E-state index contributed by atoms with van der Waals surface area (Å²) >= 11 is 0. The Bertz CT molecular complexity index is 613. The van der Waals surface area contributed by atoms with Crippen LogP contribution in [0.15, 0.2) is 42.6 Å². The van der Waals surface area contributed by atoms with Gasteiger partial charge in [-0.3, -0.25) is 4.98 Å². The third-order valence-corrected chi connectivity index (χ3v) is 3.36. The second-order valence-corrected chi connectivity index (χ2v) is 4.64. The molecule has 2 N–H and O–H groups in total. The molecule has 4 nitrogen and oxygen atoms in total. The quantitative estimate of drug-likeness (QED) is 0.923. The van der Waals surface area contributed by atoms with Crippen molar-refractivity contribution in [3.63, 3.8) is 0 Å². The number of para-hydroxylation sites is 1. The summed E-state index contributed by atoms with van der Waals surface area (Å²) in [6, 6.07) is 13.6. The van der Waals surface area contributed by atoms with Gasteiger partial charge in [-0.2, -0.15) is 5.26 Å². The van der Waals surface area contributed by atoms with Crippen LogP contribution in [-0.4, -0.2) is 12.0 Å². The van der Waals surface area contributed by atoms with E-state index in [0.717, 1.165) is 23.5 Å². The number of nitriles is 1. The van der Waals surface area contributed by atoms with E-state index >= 15 is 0 Å². The van der Waals surface area contributed by atoms with E-state index in [1.807, 2.05) is 49.2 Å². The van der Waals surface area contributed by atoms with Crippen molar-refractivity contribution in [3.8, 4) is 6.07 Å². The molecule has 102 valence electrons. The van der Waals surface area contributed by atoms with Crippen LogP contribution in [0.1, 0.15) is 30.6 Å². The number of hydrogen-bond donors (Lipinski definition) is 1. The Morgan fingerprint density at radius 3 is 2.65 bits per heavy atom. The fourth-order valence-electron chi connectivity index (χ4n) is 2.02. The van der Waals surface area contributed by atoms with Crippen molar-refractivity contribution >= 4 is 11.4 Å². The van der Waals surface area contributed by atoms with E-state index in [4.69, 9.17) is 11.0 Å². The molecule has 1 unspecified atom stereocenters. The molecule has 1 aromatic carbocycles. The summed E-state index contributed by atoms with van der Waals surface area (Å²) in [5.41, 5.74) is 9.28. The van der Waals surface area contributed by atoms with Gasteiger partial charge in [-0.15, -0.1) is 0 Å². The van der Waals surface area contributed by atoms with Crippen molar-refractivity contribution in [3.05, 3.63) is 53.9 Å². The molecule has 0 fully saturated rings. The van der Waals surface area contributed by atoms with E-state index in [0.29, 0.717) is 5.56 Å². The topological polar surface area (TPSA) is 65.9 Å². The highest BCUT2D eigenvalue weighted by atomic mass is 15.1. The lowest BCUT2D eigenvalue weighted by Crippen LogP contribution is -2.13. The second-order valence-electron chi connectivity index (χ2n) is 4.64. The Hall–Kier alpha value is -2.38. The van der Waals surface area contributed by atoms with Gasteiger partial charge in [0, 0.05) is 13.1 Å². The smallest absolute Gasteiger partial charge is 0.101 e. The minimum atomic E-state index is -0.0271. The maximum atomic E-state index is 9.15. The standard InChI is InChI=1S/C16H18N4/c1-3-14(18)15-9-8-13(11-19-15)20(2)16-7-5-4-6-12(16)10-17/h4-9,11,14H,3,18H2,1-2H3.